The molecule has 10 nitrogen and oxygen atoms in total. The zero-order valence-corrected chi connectivity index (χ0v) is 28.1. The minimum Gasteiger partial charge on any atom is -0.478 e. The number of aliphatic carboxylic acids is 1. The van der Waals surface area contributed by atoms with Gasteiger partial charge in [0.05, 0.1) is 16.3 Å². The van der Waals surface area contributed by atoms with E-state index in [2.05, 4.69) is 11.9 Å². The summed E-state index contributed by atoms with van der Waals surface area (Å²) in [6, 6.07) is 10.8. The molecular weight excluding hydrogens is 657 g/mol. The van der Waals surface area contributed by atoms with Gasteiger partial charge in [-0.15, -0.1) is 17.9 Å². The number of rotatable bonds is 12. The summed E-state index contributed by atoms with van der Waals surface area (Å²) in [5.74, 6) is -2.85. The van der Waals surface area contributed by atoms with Crippen molar-refractivity contribution in [3.8, 4) is 16.2 Å². The quantitative estimate of drug-likeness (QED) is 0.109. The minimum absolute atomic E-state index is 0.0163. The van der Waals surface area contributed by atoms with Crippen LogP contribution in [-0.2, 0) is 25.3 Å². The van der Waals surface area contributed by atoms with E-state index < -0.39 is 39.5 Å². The first-order valence-electron chi connectivity index (χ1n) is 14.5. The molecular formula is C32H37ClFN3O7S2. The zero-order chi connectivity index (χ0) is 33.8. The topological polar surface area (TPSA) is 148 Å². The summed E-state index contributed by atoms with van der Waals surface area (Å²) in [4.78, 5) is 25.3. The van der Waals surface area contributed by atoms with Crippen molar-refractivity contribution >= 4 is 56.3 Å². The van der Waals surface area contributed by atoms with Crippen molar-refractivity contribution in [2.75, 3.05) is 24.1 Å². The molecule has 4 rings (SSSR count). The number of sulfonamides is 1. The third kappa shape index (κ3) is 8.78. The van der Waals surface area contributed by atoms with E-state index in [9.17, 15) is 23.1 Å². The van der Waals surface area contributed by atoms with Crippen LogP contribution in [0, 0.1) is 5.82 Å². The molecule has 0 aliphatic carbocycles. The number of carboxylic acids is 1. The number of nitrogen functional groups attached to an aromatic ring is 1. The van der Waals surface area contributed by atoms with E-state index in [0.717, 1.165) is 11.3 Å². The second-order valence-electron chi connectivity index (χ2n) is 11.9. The van der Waals surface area contributed by atoms with Crippen LogP contribution in [0.2, 0.25) is 5.02 Å². The predicted molar refractivity (Wildman–Crippen MR) is 178 cm³/mol. The predicted octanol–water partition coefficient (Wildman–Crippen LogP) is 6.56. The molecule has 1 atom stereocenters. The zero-order valence-electron chi connectivity index (χ0n) is 25.7. The number of esters is 1. The lowest BCUT2D eigenvalue weighted by Gasteiger charge is -2.32. The number of thiophene rings is 1. The first-order chi connectivity index (χ1) is 21.6. The summed E-state index contributed by atoms with van der Waals surface area (Å²) in [5, 5.41) is 12.8. The lowest BCUT2D eigenvalue weighted by Crippen LogP contribution is -2.42. The molecule has 3 aromatic rings. The van der Waals surface area contributed by atoms with Crippen molar-refractivity contribution < 1.29 is 37.0 Å². The Hall–Kier alpha value is -3.65. The molecule has 4 N–H and O–H groups in total. The molecule has 0 saturated carbocycles. The van der Waals surface area contributed by atoms with E-state index in [4.69, 9.17) is 26.8 Å². The number of ether oxygens (including phenoxy) is 2. The molecule has 1 saturated heterocycles. The number of carbonyl (C=O) groups excluding carboxylic acids is 1. The van der Waals surface area contributed by atoms with Gasteiger partial charge in [0.25, 0.3) is 0 Å². The van der Waals surface area contributed by atoms with Crippen LogP contribution in [-0.4, -0.2) is 60.6 Å². The van der Waals surface area contributed by atoms with Gasteiger partial charge in [0.1, 0.15) is 16.4 Å². The van der Waals surface area contributed by atoms with Crippen LogP contribution in [0.5, 0.6) is 5.75 Å². The molecule has 0 spiro atoms. The van der Waals surface area contributed by atoms with Crippen LogP contribution in [0.4, 0.5) is 15.8 Å². The van der Waals surface area contributed by atoms with Gasteiger partial charge >= 0.3 is 11.9 Å². The van der Waals surface area contributed by atoms with E-state index in [1.807, 2.05) is 0 Å². The number of halogens is 2. The van der Waals surface area contributed by atoms with Crippen molar-refractivity contribution in [2.24, 2.45) is 0 Å². The van der Waals surface area contributed by atoms with Gasteiger partial charge in [0, 0.05) is 31.2 Å². The van der Waals surface area contributed by atoms with E-state index >= 15 is 4.39 Å². The number of nitrogens with two attached hydrogens (primary N) is 1. The van der Waals surface area contributed by atoms with Gasteiger partial charge < -0.3 is 25.6 Å². The molecule has 1 unspecified atom stereocenters. The molecule has 1 aliphatic heterocycles. The highest BCUT2D eigenvalue weighted by Gasteiger charge is 2.32. The lowest BCUT2D eigenvalue weighted by atomic mass is 10.1. The van der Waals surface area contributed by atoms with Crippen molar-refractivity contribution in [3.05, 3.63) is 76.4 Å². The van der Waals surface area contributed by atoms with E-state index in [1.165, 1.54) is 28.6 Å². The van der Waals surface area contributed by atoms with Gasteiger partial charge in [-0.2, -0.15) is 0 Å². The maximum Gasteiger partial charge on any atom is 0.352 e. The van der Waals surface area contributed by atoms with Crippen LogP contribution in [0.15, 0.2) is 55.1 Å². The highest BCUT2D eigenvalue weighted by molar-refractivity contribution is 7.88. The summed E-state index contributed by atoms with van der Waals surface area (Å²) in [7, 11) is -3.57. The Morgan fingerprint density at radius 2 is 1.93 bits per heavy atom. The summed E-state index contributed by atoms with van der Waals surface area (Å²) in [6.45, 7) is 9.16. The third-order valence-corrected chi connectivity index (χ3v) is 10.6. The second-order valence-corrected chi connectivity index (χ2v) is 15.3. The maximum atomic E-state index is 15.0. The number of carboxylic acid groups (broad SMARTS) is 1. The maximum absolute atomic E-state index is 15.0. The van der Waals surface area contributed by atoms with Gasteiger partial charge in [0.15, 0.2) is 16.7 Å². The molecule has 1 fully saturated rings. The molecule has 2 aromatic carbocycles. The van der Waals surface area contributed by atoms with Gasteiger partial charge in [-0.25, -0.2) is 26.7 Å². The van der Waals surface area contributed by atoms with Crippen molar-refractivity contribution in [3.63, 3.8) is 0 Å². The number of carbonyl (C=O) groups is 2. The van der Waals surface area contributed by atoms with Crippen molar-refractivity contribution in [1.29, 1.82) is 0 Å². The number of nitrogens with zero attached hydrogens (tertiary/aromatic N) is 1. The summed E-state index contributed by atoms with van der Waals surface area (Å²) in [6.07, 6.45) is 0.867. The lowest BCUT2D eigenvalue weighted by molar-refractivity contribution is -0.144. The Balaban J connectivity index is 1.55. The van der Waals surface area contributed by atoms with Gasteiger partial charge in [-0.1, -0.05) is 35.9 Å². The van der Waals surface area contributed by atoms with Crippen molar-refractivity contribution in [2.45, 2.75) is 63.5 Å². The number of anilines is 2. The molecule has 1 aromatic heterocycles. The Kier molecular flexibility index (Phi) is 11.0. The SMILES string of the molecule is C=CCC(Oc1c(C(=O)OC(C)(C)C)sc(-c2ccc(F)c(NC3CCN(S(=O)(=O)Cc4cccc(N)c4)CC3)c2)c1Cl)C(=O)O. The Morgan fingerprint density at radius 1 is 1.24 bits per heavy atom. The van der Waals surface area contributed by atoms with Gasteiger partial charge in [0.2, 0.25) is 10.0 Å². The first kappa shape index (κ1) is 35.2. The normalized spacial score (nSPS) is 15.2. The fourth-order valence-electron chi connectivity index (χ4n) is 4.90. The number of benzene rings is 2. The highest BCUT2D eigenvalue weighted by Crippen LogP contribution is 2.47. The Morgan fingerprint density at radius 3 is 2.54 bits per heavy atom. The second kappa shape index (κ2) is 14.4. The molecule has 46 heavy (non-hydrogen) atoms. The average Bonchev–Trinajstić information content (AvgIpc) is 3.29. The standard InChI is InChI=1S/C32H37ClFN3O7S2/c1-5-7-25(30(38)39)43-27-26(33)28(45-29(27)31(40)44-32(2,3)4)20-10-11-23(34)24(17-20)36-22-12-14-37(15-13-22)46(41,42)18-19-8-6-9-21(35)16-19/h5-6,8-11,16-17,22,25,36H,1,7,12-15,18,35H2,2-4H3,(H,38,39). The van der Waals surface area contributed by atoms with Crippen molar-refractivity contribution in [1.82, 2.24) is 4.31 Å². The fraction of sp³-hybridized carbons (Fsp3) is 0.375. The molecule has 1 aliphatic rings. The highest BCUT2D eigenvalue weighted by atomic mass is 35.5. The average molecular weight is 694 g/mol. The smallest absolute Gasteiger partial charge is 0.352 e. The minimum atomic E-state index is -3.57. The van der Waals surface area contributed by atoms with Crippen LogP contribution in [0.25, 0.3) is 10.4 Å². The number of hydrogen-bond acceptors (Lipinski definition) is 9. The van der Waals surface area contributed by atoms with Gasteiger partial charge in [-0.3, -0.25) is 0 Å². The van der Waals surface area contributed by atoms with Crippen LogP contribution >= 0.6 is 22.9 Å². The third-order valence-electron chi connectivity index (χ3n) is 7.05. The molecule has 14 heteroatoms. The summed E-state index contributed by atoms with van der Waals surface area (Å²) < 4.78 is 53.8. The van der Waals surface area contributed by atoms with Crippen LogP contribution < -0.4 is 15.8 Å². The van der Waals surface area contributed by atoms with E-state index in [-0.39, 0.29) is 52.6 Å². The summed E-state index contributed by atoms with van der Waals surface area (Å²) >= 11 is 7.66. The molecule has 0 radical (unpaired) electrons. The number of hydrogen-bond donors (Lipinski definition) is 3. The largest absolute Gasteiger partial charge is 0.478 e. The van der Waals surface area contributed by atoms with Crippen LogP contribution in [0.1, 0.15) is 55.3 Å². The van der Waals surface area contributed by atoms with E-state index in [1.54, 1.807) is 45.0 Å². The Labute approximate surface area is 277 Å². The van der Waals surface area contributed by atoms with Gasteiger partial charge in [-0.05, 0) is 69.0 Å². The molecule has 248 valence electrons. The van der Waals surface area contributed by atoms with E-state index in [0.29, 0.717) is 34.5 Å². The number of piperidine rings is 1. The molecule has 0 amide bonds. The fourth-order valence-corrected chi connectivity index (χ4v) is 7.87. The summed E-state index contributed by atoms with van der Waals surface area (Å²) in [5.41, 5.74) is 6.66. The Bertz CT molecular complexity index is 1710. The first-order valence-corrected chi connectivity index (χ1v) is 17.3. The number of nitrogens with one attached hydrogen (secondary N) is 1. The molecule has 0 bridgehead atoms. The van der Waals surface area contributed by atoms with Crippen LogP contribution in [0.3, 0.4) is 0 Å². The molecule has 2 heterocycles. The monoisotopic (exact) mass is 693 g/mol.